The van der Waals surface area contributed by atoms with Crippen molar-refractivity contribution in [1.82, 2.24) is 15.6 Å². The number of hydrazone groups is 1. The molecule has 1 aromatic carbocycles. The molecule has 5 nitrogen and oxygen atoms in total. The quantitative estimate of drug-likeness (QED) is 0.644. The van der Waals surface area contributed by atoms with Crippen molar-refractivity contribution < 1.29 is 4.79 Å². The first kappa shape index (κ1) is 15.4. The van der Waals surface area contributed by atoms with E-state index in [4.69, 9.17) is 0 Å². The summed E-state index contributed by atoms with van der Waals surface area (Å²) in [4.78, 5) is 11.8. The van der Waals surface area contributed by atoms with E-state index in [-0.39, 0.29) is 5.91 Å². The maximum absolute atomic E-state index is 11.8. The molecule has 0 unspecified atom stereocenters. The molecule has 21 heavy (non-hydrogen) atoms. The molecule has 1 aromatic heterocycles. The lowest BCUT2D eigenvalue weighted by molar-refractivity contribution is -0.121. The summed E-state index contributed by atoms with van der Waals surface area (Å²) in [5, 5.41) is 11.0. The van der Waals surface area contributed by atoms with Gasteiger partial charge in [-0.05, 0) is 31.9 Å². The summed E-state index contributed by atoms with van der Waals surface area (Å²) in [5.41, 5.74) is 6.50. The molecule has 2 aromatic rings. The van der Waals surface area contributed by atoms with Gasteiger partial charge >= 0.3 is 0 Å². The Balaban J connectivity index is 1.84. The number of hydrogen-bond acceptors (Lipinski definition) is 3. The highest BCUT2D eigenvalue weighted by molar-refractivity contribution is 9.10. The van der Waals surface area contributed by atoms with E-state index in [1.54, 1.807) is 6.21 Å². The number of rotatable bonds is 5. The van der Waals surface area contributed by atoms with Crippen molar-refractivity contribution in [1.29, 1.82) is 0 Å². The van der Waals surface area contributed by atoms with Crippen LogP contribution in [0.2, 0.25) is 0 Å². The molecule has 0 radical (unpaired) electrons. The lowest BCUT2D eigenvalue weighted by Gasteiger charge is -2.01. The van der Waals surface area contributed by atoms with Crippen LogP contribution in [0.25, 0.3) is 0 Å². The monoisotopic (exact) mass is 348 g/mol. The van der Waals surface area contributed by atoms with E-state index in [0.29, 0.717) is 12.8 Å². The van der Waals surface area contributed by atoms with E-state index in [0.717, 1.165) is 27.0 Å². The maximum Gasteiger partial charge on any atom is 0.240 e. The highest BCUT2D eigenvalue weighted by Crippen LogP contribution is 2.13. The van der Waals surface area contributed by atoms with Crippen molar-refractivity contribution >= 4 is 28.1 Å². The second-order valence-corrected chi connectivity index (χ2v) is 5.58. The predicted octanol–water partition coefficient (Wildman–Crippen LogP) is 2.87. The maximum atomic E-state index is 11.8. The third-order valence-corrected chi connectivity index (χ3v) is 3.90. The largest absolute Gasteiger partial charge is 0.282 e. The van der Waals surface area contributed by atoms with Crippen molar-refractivity contribution in [2.24, 2.45) is 5.10 Å². The highest BCUT2D eigenvalue weighted by atomic mass is 79.9. The average molecular weight is 349 g/mol. The number of benzene rings is 1. The lowest BCUT2D eigenvalue weighted by atomic mass is 10.1. The third kappa shape index (κ3) is 4.26. The van der Waals surface area contributed by atoms with Crippen molar-refractivity contribution in [3.8, 4) is 0 Å². The molecule has 0 atom stereocenters. The first-order chi connectivity index (χ1) is 10.1. The van der Waals surface area contributed by atoms with Crippen LogP contribution in [0.5, 0.6) is 0 Å². The van der Waals surface area contributed by atoms with Gasteiger partial charge in [0.05, 0.1) is 11.9 Å². The Bertz CT molecular complexity index is 644. The zero-order valence-electron chi connectivity index (χ0n) is 12.0. The van der Waals surface area contributed by atoms with E-state index in [1.807, 2.05) is 38.1 Å². The molecule has 0 saturated carbocycles. The van der Waals surface area contributed by atoms with E-state index < -0.39 is 0 Å². The molecule has 0 bridgehead atoms. The minimum absolute atomic E-state index is 0.113. The Labute approximate surface area is 132 Å². The number of nitrogens with one attached hydrogen (secondary N) is 2. The minimum Gasteiger partial charge on any atom is -0.282 e. The van der Waals surface area contributed by atoms with Crippen molar-refractivity contribution in [3.05, 3.63) is 51.3 Å². The summed E-state index contributed by atoms with van der Waals surface area (Å²) in [6.45, 7) is 3.89. The zero-order valence-corrected chi connectivity index (χ0v) is 13.6. The fourth-order valence-electron chi connectivity index (χ4n) is 1.99. The SMILES string of the molecule is Cc1n[nH]c(C)c1CCC(=O)N/N=C\c1ccccc1Br. The van der Waals surface area contributed by atoms with Gasteiger partial charge in [-0.1, -0.05) is 34.1 Å². The summed E-state index contributed by atoms with van der Waals surface area (Å²) in [6, 6.07) is 7.68. The van der Waals surface area contributed by atoms with Gasteiger partial charge in [0, 0.05) is 22.2 Å². The summed E-state index contributed by atoms with van der Waals surface area (Å²) in [7, 11) is 0. The van der Waals surface area contributed by atoms with E-state index >= 15 is 0 Å². The summed E-state index contributed by atoms with van der Waals surface area (Å²) in [5.74, 6) is -0.113. The van der Waals surface area contributed by atoms with Crippen LogP contribution >= 0.6 is 15.9 Å². The topological polar surface area (TPSA) is 70.1 Å². The Kier molecular flexibility index (Phi) is 5.27. The van der Waals surface area contributed by atoms with E-state index in [2.05, 4.69) is 36.7 Å². The molecular weight excluding hydrogens is 332 g/mol. The van der Waals surface area contributed by atoms with Crippen LogP contribution in [-0.4, -0.2) is 22.3 Å². The minimum atomic E-state index is -0.113. The van der Waals surface area contributed by atoms with E-state index in [9.17, 15) is 4.79 Å². The fraction of sp³-hybridized carbons (Fsp3) is 0.267. The molecule has 0 aliphatic heterocycles. The average Bonchev–Trinajstić information content (AvgIpc) is 2.78. The molecule has 0 aliphatic carbocycles. The normalized spacial score (nSPS) is 11.0. The molecule has 0 spiro atoms. The van der Waals surface area contributed by atoms with Crippen molar-refractivity contribution in [2.45, 2.75) is 26.7 Å². The van der Waals surface area contributed by atoms with Crippen molar-refractivity contribution in [2.75, 3.05) is 0 Å². The number of carbonyl (C=O) groups excluding carboxylic acids is 1. The smallest absolute Gasteiger partial charge is 0.240 e. The standard InChI is InChI=1S/C15H17BrN4O/c1-10-13(11(2)19-18-10)7-8-15(21)20-17-9-12-5-3-4-6-14(12)16/h3-6,9H,7-8H2,1-2H3,(H,18,19)(H,20,21)/b17-9-. The molecule has 2 N–H and O–H groups in total. The molecule has 1 amide bonds. The Morgan fingerprint density at radius 3 is 2.86 bits per heavy atom. The number of H-pyrrole nitrogens is 1. The van der Waals surface area contributed by atoms with Gasteiger partial charge in [0.1, 0.15) is 0 Å². The number of carbonyl (C=O) groups is 1. The first-order valence-corrected chi connectivity index (χ1v) is 7.44. The van der Waals surface area contributed by atoms with Crippen LogP contribution in [0.15, 0.2) is 33.8 Å². The number of aryl methyl sites for hydroxylation is 2. The van der Waals surface area contributed by atoms with Gasteiger partial charge in [-0.25, -0.2) is 5.43 Å². The summed E-state index contributed by atoms with van der Waals surface area (Å²) < 4.78 is 0.938. The predicted molar refractivity (Wildman–Crippen MR) is 86.3 cm³/mol. The van der Waals surface area contributed by atoms with Gasteiger partial charge in [0.15, 0.2) is 0 Å². The lowest BCUT2D eigenvalue weighted by Crippen LogP contribution is -2.18. The molecule has 6 heteroatoms. The Morgan fingerprint density at radius 2 is 2.19 bits per heavy atom. The highest BCUT2D eigenvalue weighted by Gasteiger charge is 2.08. The van der Waals surface area contributed by atoms with Gasteiger partial charge in [0.25, 0.3) is 0 Å². The first-order valence-electron chi connectivity index (χ1n) is 6.65. The number of aromatic nitrogens is 2. The molecule has 0 aliphatic rings. The molecule has 1 heterocycles. The number of halogens is 1. The van der Waals surface area contributed by atoms with Crippen LogP contribution in [0.3, 0.4) is 0 Å². The second kappa shape index (κ2) is 7.17. The molecule has 0 saturated heterocycles. The van der Waals surface area contributed by atoms with Crippen LogP contribution in [0, 0.1) is 13.8 Å². The number of amides is 1. The molecule has 2 rings (SSSR count). The third-order valence-electron chi connectivity index (χ3n) is 3.18. The van der Waals surface area contributed by atoms with Gasteiger partial charge in [-0.2, -0.15) is 10.2 Å². The van der Waals surface area contributed by atoms with Crippen LogP contribution in [0.1, 0.15) is 28.9 Å². The van der Waals surface area contributed by atoms with Crippen LogP contribution in [-0.2, 0) is 11.2 Å². The number of aromatic amines is 1. The van der Waals surface area contributed by atoms with Gasteiger partial charge in [0.2, 0.25) is 5.91 Å². The van der Waals surface area contributed by atoms with Crippen LogP contribution < -0.4 is 5.43 Å². The van der Waals surface area contributed by atoms with Gasteiger partial charge < -0.3 is 0 Å². The van der Waals surface area contributed by atoms with Gasteiger partial charge in [-0.15, -0.1) is 0 Å². The Hall–Kier alpha value is -1.95. The number of hydrogen-bond donors (Lipinski definition) is 2. The molecule has 0 fully saturated rings. The van der Waals surface area contributed by atoms with Crippen molar-refractivity contribution in [3.63, 3.8) is 0 Å². The fourth-order valence-corrected chi connectivity index (χ4v) is 2.38. The van der Waals surface area contributed by atoms with Crippen LogP contribution in [0.4, 0.5) is 0 Å². The summed E-state index contributed by atoms with van der Waals surface area (Å²) >= 11 is 3.42. The number of nitrogens with zero attached hydrogens (tertiary/aromatic N) is 2. The zero-order chi connectivity index (χ0) is 15.2. The second-order valence-electron chi connectivity index (χ2n) is 4.73. The van der Waals surface area contributed by atoms with E-state index in [1.165, 1.54) is 0 Å². The molecular formula is C15H17BrN4O. The Morgan fingerprint density at radius 1 is 1.43 bits per heavy atom. The molecule has 110 valence electrons. The summed E-state index contributed by atoms with van der Waals surface area (Å²) in [6.07, 6.45) is 2.66. The van der Waals surface area contributed by atoms with Gasteiger partial charge in [-0.3, -0.25) is 9.89 Å².